The van der Waals surface area contributed by atoms with Crippen LogP contribution in [-0.4, -0.2) is 49.1 Å². The zero-order valence-corrected chi connectivity index (χ0v) is 78.9. The summed E-state index contributed by atoms with van der Waals surface area (Å²) in [6.07, 6.45) is 0. The van der Waals surface area contributed by atoms with E-state index in [0.29, 0.717) is 67.5 Å². The standard InChI is InChI=1S/2C46H32N2O2.C39H26N2O2/c1-29-14-18-32(19-15-29)35-22-24-38-39-25-23-36(33-20-16-30(2)17-21-33)28-43(39)48(42(38)27-35)41-13-7-12-40-44(41)46(50)47(45(40)49)37-11-6-10-34(26-37)31-8-4-3-5-9-31;1-29-14-18-32(19-15-29)35-22-24-41-39(27-35)40-28-36(33-20-16-30(2)17-21-33)23-25-42(40)48(41)43-13-7-12-38-44(43)46(50)47(45(38)49)37-11-6-10-34(26-37)31-8-4-3-5-9-31;1-25-17-19-27(20-18-25)29-21-22-35-33(24-29)31-13-5-6-15-34(31)41(35)36-16-8-14-32-37(36)39(43)40(38(32)42)30-12-7-11-28(23-30)26-9-3-2-4-10-26/h2*3-28H,1-2H3;2-24H,1H3. The number of benzene rings is 20. The third-order valence-corrected chi connectivity index (χ3v) is 28.2. The smallest absolute Gasteiger partial charge is 0.268 e. The predicted octanol–water partition coefficient (Wildman–Crippen LogP) is 31.6. The van der Waals surface area contributed by atoms with E-state index in [2.05, 4.69) is 273 Å². The summed E-state index contributed by atoms with van der Waals surface area (Å²) in [6, 6.07) is 153. The fourth-order valence-corrected chi connectivity index (χ4v) is 20.9. The molecule has 3 aliphatic rings. The number of aryl methyl sites for hydroxylation is 5. The van der Waals surface area contributed by atoms with E-state index in [9.17, 15) is 28.8 Å². The van der Waals surface area contributed by atoms with Crippen molar-refractivity contribution in [3.05, 3.63) is 516 Å². The molecule has 12 heteroatoms. The molecule has 0 radical (unpaired) electrons. The van der Waals surface area contributed by atoms with E-state index >= 15 is 0 Å². The summed E-state index contributed by atoms with van der Waals surface area (Å²) in [5.74, 6) is -1.92. The lowest BCUT2D eigenvalue weighted by molar-refractivity contribution is 0.0910. The minimum absolute atomic E-state index is 0.311. The molecule has 143 heavy (non-hydrogen) atoms. The first-order chi connectivity index (χ1) is 70.0. The topological polar surface area (TPSA) is 127 Å². The van der Waals surface area contributed by atoms with Crippen LogP contribution in [0.4, 0.5) is 17.1 Å². The Morgan fingerprint density at radius 2 is 0.364 bits per heavy atom. The van der Waals surface area contributed by atoms with Crippen LogP contribution in [0.15, 0.2) is 455 Å². The number of rotatable bonds is 14. The molecule has 680 valence electrons. The van der Waals surface area contributed by atoms with Gasteiger partial charge < -0.3 is 13.7 Å². The maximum absolute atomic E-state index is 14.6. The van der Waals surface area contributed by atoms with Crippen molar-refractivity contribution in [3.63, 3.8) is 0 Å². The second kappa shape index (κ2) is 35.7. The zero-order chi connectivity index (χ0) is 96.9. The lowest BCUT2D eigenvalue weighted by atomic mass is 9.99. The molecular formula is C131H90N6O6. The van der Waals surface area contributed by atoms with E-state index in [0.717, 1.165) is 154 Å². The van der Waals surface area contributed by atoms with Crippen molar-refractivity contribution in [2.24, 2.45) is 0 Å². The number of amides is 6. The Labute approximate surface area is 826 Å². The number of carbonyl (C=O) groups is 6. The molecule has 3 aromatic heterocycles. The van der Waals surface area contributed by atoms with Crippen LogP contribution in [0.3, 0.4) is 0 Å². The number of anilines is 3. The van der Waals surface area contributed by atoms with Crippen LogP contribution in [0.1, 0.15) is 90.0 Å². The van der Waals surface area contributed by atoms with Gasteiger partial charge in [0, 0.05) is 32.3 Å². The third-order valence-electron chi connectivity index (χ3n) is 28.2. The Kier molecular flexibility index (Phi) is 21.7. The highest BCUT2D eigenvalue weighted by molar-refractivity contribution is 6.38. The zero-order valence-electron chi connectivity index (χ0n) is 78.9. The minimum atomic E-state index is -0.329. The van der Waals surface area contributed by atoms with Gasteiger partial charge in [0.15, 0.2) is 0 Å². The highest BCUT2D eigenvalue weighted by Crippen LogP contribution is 2.47. The van der Waals surface area contributed by atoms with Gasteiger partial charge in [-0.1, -0.05) is 355 Å². The van der Waals surface area contributed by atoms with E-state index in [4.69, 9.17) is 0 Å². The first-order valence-electron chi connectivity index (χ1n) is 48.1. The van der Waals surface area contributed by atoms with Crippen LogP contribution >= 0.6 is 0 Å². The molecule has 20 aromatic carbocycles. The van der Waals surface area contributed by atoms with Crippen molar-refractivity contribution in [1.82, 2.24) is 13.7 Å². The van der Waals surface area contributed by atoms with Crippen molar-refractivity contribution in [2.45, 2.75) is 34.6 Å². The van der Waals surface area contributed by atoms with Gasteiger partial charge >= 0.3 is 0 Å². The number of hydrogen-bond donors (Lipinski definition) is 0. The maximum atomic E-state index is 14.6. The summed E-state index contributed by atoms with van der Waals surface area (Å²) in [5.41, 5.74) is 35.2. The molecule has 0 bridgehead atoms. The third kappa shape index (κ3) is 15.4. The molecule has 0 spiro atoms. The molecule has 23 aromatic rings. The lowest BCUT2D eigenvalue weighted by Crippen LogP contribution is -2.29. The number of hydrogen-bond acceptors (Lipinski definition) is 6. The molecule has 0 aliphatic carbocycles. The number of carbonyl (C=O) groups excluding carboxylic acids is 6. The van der Waals surface area contributed by atoms with Crippen LogP contribution < -0.4 is 14.7 Å². The average Bonchev–Trinajstić information content (AvgIpc) is 1.57. The van der Waals surface area contributed by atoms with Gasteiger partial charge in [0.05, 0.1) is 101 Å². The fraction of sp³-hybridized carbons (Fsp3) is 0.0382. The lowest BCUT2D eigenvalue weighted by Gasteiger charge is -2.16. The van der Waals surface area contributed by atoms with E-state index in [-0.39, 0.29) is 35.4 Å². The monoisotopic (exact) mass is 1840 g/mol. The molecule has 6 amide bonds. The molecule has 12 nitrogen and oxygen atoms in total. The van der Waals surface area contributed by atoms with Crippen molar-refractivity contribution in [1.29, 1.82) is 0 Å². The SMILES string of the molecule is Cc1ccc(-c2ccc3c(c2)c2cc(-c4ccc(C)cc4)ccc2n3-c2cccc3c2C(=O)N(c2cccc(-c4ccccc4)c2)C3=O)cc1.Cc1ccc(-c2ccc3c(c2)c2ccccc2n3-c2cccc3c2C(=O)N(c2cccc(-c4ccccc4)c2)C3=O)cc1.Cc1ccc(-c2ccc3c4ccc(-c5ccc(C)cc5)cc4n(-c4cccc5c4C(=O)N(c4cccc(-c6ccccc6)c4)C5=O)c3c2)cc1. The summed E-state index contributed by atoms with van der Waals surface area (Å²) < 4.78 is 6.45. The van der Waals surface area contributed by atoms with E-state index in [1.807, 2.05) is 212 Å². The molecule has 0 atom stereocenters. The summed E-state index contributed by atoms with van der Waals surface area (Å²) in [6.45, 7) is 10.5. The number of nitrogens with zero attached hydrogens (tertiary/aromatic N) is 6. The molecule has 0 saturated carbocycles. The number of aromatic nitrogens is 3. The van der Waals surface area contributed by atoms with Gasteiger partial charge in [0.25, 0.3) is 35.4 Å². The number of imide groups is 3. The first kappa shape index (κ1) is 87.0. The van der Waals surface area contributed by atoms with Gasteiger partial charge in [-0.05, 0) is 251 Å². The van der Waals surface area contributed by atoms with Gasteiger partial charge in [-0.15, -0.1) is 0 Å². The van der Waals surface area contributed by atoms with E-state index in [1.54, 1.807) is 18.2 Å². The van der Waals surface area contributed by atoms with Crippen LogP contribution in [0, 0.1) is 34.6 Å². The van der Waals surface area contributed by atoms with Crippen molar-refractivity contribution >= 4 is 118 Å². The van der Waals surface area contributed by atoms with Gasteiger partial charge in [-0.3, -0.25) is 28.8 Å². The maximum Gasteiger partial charge on any atom is 0.268 e. The highest BCUT2D eigenvalue weighted by atomic mass is 16.2. The summed E-state index contributed by atoms with van der Waals surface area (Å²) in [4.78, 5) is 89.2. The number of para-hydroxylation sites is 1. The Balaban J connectivity index is 0.000000116. The largest absolute Gasteiger partial charge is 0.308 e. The summed E-state index contributed by atoms with van der Waals surface area (Å²) >= 11 is 0. The molecule has 0 N–H and O–H groups in total. The molecular weight excluding hydrogens is 1750 g/mol. The average molecular weight is 1840 g/mol. The molecule has 0 saturated heterocycles. The van der Waals surface area contributed by atoms with Gasteiger partial charge in [0.2, 0.25) is 0 Å². The van der Waals surface area contributed by atoms with Crippen molar-refractivity contribution in [2.75, 3.05) is 14.7 Å². The van der Waals surface area contributed by atoms with Crippen molar-refractivity contribution in [3.8, 4) is 106 Å². The molecule has 26 rings (SSSR count). The Morgan fingerprint density at radius 1 is 0.147 bits per heavy atom. The van der Waals surface area contributed by atoms with Gasteiger partial charge in [0.1, 0.15) is 0 Å². The van der Waals surface area contributed by atoms with Crippen LogP contribution in [0.25, 0.3) is 171 Å². The highest BCUT2D eigenvalue weighted by Gasteiger charge is 2.43. The van der Waals surface area contributed by atoms with E-state index < -0.39 is 0 Å². The second-order valence-corrected chi connectivity index (χ2v) is 37.2. The van der Waals surface area contributed by atoms with Gasteiger partial charge in [-0.25, -0.2) is 14.7 Å². The van der Waals surface area contributed by atoms with Crippen LogP contribution in [0.2, 0.25) is 0 Å². The predicted molar refractivity (Wildman–Crippen MR) is 582 cm³/mol. The fourth-order valence-electron chi connectivity index (χ4n) is 20.9. The molecule has 3 aliphatic heterocycles. The molecule has 6 heterocycles. The van der Waals surface area contributed by atoms with Gasteiger partial charge in [-0.2, -0.15) is 0 Å². The Morgan fingerprint density at radius 3 is 0.671 bits per heavy atom. The normalized spacial score (nSPS) is 12.7. The Bertz CT molecular complexity index is 8970. The number of fused-ring (bicyclic) bond motifs is 12. The first-order valence-corrected chi connectivity index (χ1v) is 48.1. The van der Waals surface area contributed by atoms with Crippen LogP contribution in [0.5, 0.6) is 0 Å². The molecule has 0 unspecified atom stereocenters. The summed E-state index contributed by atoms with van der Waals surface area (Å²) in [5, 5.41) is 6.49. The second-order valence-electron chi connectivity index (χ2n) is 37.2. The summed E-state index contributed by atoms with van der Waals surface area (Å²) in [7, 11) is 0. The molecule has 0 fully saturated rings. The minimum Gasteiger partial charge on any atom is -0.308 e. The Hall–Kier alpha value is -18.8. The van der Waals surface area contributed by atoms with Crippen LogP contribution in [-0.2, 0) is 0 Å². The quantitative estimate of drug-likeness (QED) is 0.0998. The van der Waals surface area contributed by atoms with E-state index in [1.165, 1.54) is 42.5 Å². The van der Waals surface area contributed by atoms with Crippen molar-refractivity contribution < 1.29 is 28.8 Å².